The molecule has 5 heteroatoms. The molecule has 3 N–H and O–H groups in total. The molecule has 1 unspecified atom stereocenters. The number of hydrogen-bond acceptors (Lipinski definition) is 2. The van der Waals surface area contributed by atoms with Gasteiger partial charge in [0, 0.05) is 18.3 Å². The van der Waals surface area contributed by atoms with Crippen molar-refractivity contribution in [2.45, 2.75) is 26.1 Å². The van der Waals surface area contributed by atoms with Gasteiger partial charge in [0.15, 0.2) is 0 Å². The summed E-state index contributed by atoms with van der Waals surface area (Å²) in [5.41, 5.74) is 5.20. The molecule has 1 atom stereocenters. The van der Waals surface area contributed by atoms with Gasteiger partial charge in [0.2, 0.25) is 0 Å². The Morgan fingerprint density at radius 1 is 1.24 bits per heavy atom. The number of nitrogens with two attached hydrogens (primary N) is 1. The van der Waals surface area contributed by atoms with Gasteiger partial charge in [-0.15, -0.1) is 0 Å². The van der Waals surface area contributed by atoms with Gasteiger partial charge >= 0.3 is 6.18 Å². The van der Waals surface area contributed by atoms with Crippen LogP contribution < -0.4 is 11.1 Å². The van der Waals surface area contributed by atoms with Gasteiger partial charge in [0.05, 0.1) is 5.56 Å². The number of halogens is 3. The van der Waals surface area contributed by atoms with E-state index in [0.717, 1.165) is 6.07 Å². The van der Waals surface area contributed by atoms with Crippen LogP contribution in [-0.2, 0) is 6.18 Å². The molecule has 0 saturated carbocycles. The molecule has 0 saturated heterocycles. The number of benzene rings is 1. The van der Waals surface area contributed by atoms with Crippen molar-refractivity contribution in [3.63, 3.8) is 0 Å². The zero-order valence-electron chi connectivity index (χ0n) is 9.88. The van der Waals surface area contributed by atoms with Crippen molar-refractivity contribution in [3.05, 3.63) is 29.8 Å². The maximum absolute atomic E-state index is 12.7. The minimum atomic E-state index is -4.34. The monoisotopic (exact) mass is 246 g/mol. The second kappa shape index (κ2) is 5.40. The average molecular weight is 246 g/mol. The minimum absolute atomic E-state index is 0.0797. The molecule has 0 bridgehead atoms. The zero-order valence-corrected chi connectivity index (χ0v) is 9.88. The van der Waals surface area contributed by atoms with E-state index < -0.39 is 11.7 Å². The number of nitrogens with one attached hydrogen (secondary N) is 1. The average Bonchev–Trinajstić information content (AvgIpc) is 2.24. The molecule has 2 nitrogen and oxygen atoms in total. The van der Waals surface area contributed by atoms with E-state index in [1.54, 1.807) is 6.07 Å². The van der Waals surface area contributed by atoms with Crippen LogP contribution in [0.3, 0.4) is 0 Å². The van der Waals surface area contributed by atoms with Crippen LogP contribution in [0, 0.1) is 5.92 Å². The normalized spacial score (nSPS) is 13.8. The van der Waals surface area contributed by atoms with Gasteiger partial charge in [-0.3, -0.25) is 0 Å². The van der Waals surface area contributed by atoms with Crippen molar-refractivity contribution in [1.29, 1.82) is 0 Å². The first-order valence-electron chi connectivity index (χ1n) is 5.48. The van der Waals surface area contributed by atoms with Gasteiger partial charge in [-0.1, -0.05) is 26.0 Å². The highest BCUT2D eigenvalue weighted by Crippen LogP contribution is 2.34. The smallest absolute Gasteiger partial charge is 0.383 e. The summed E-state index contributed by atoms with van der Waals surface area (Å²) in [6, 6.07) is 5.24. The highest BCUT2D eigenvalue weighted by molar-refractivity contribution is 5.52. The number of para-hydroxylation sites is 1. The Labute approximate surface area is 99.0 Å². The quantitative estimate of drug-likeness (QED) is 0.856. The van der Waals surface area contributed by atoms with Crippen LogP contribution in [0.4, 0.5) is 18.9 Å². The van der Waals surface area contributed by atoms with Crippen molar-refractivity contribution in [1.82, 2.24) is 0 Å². The lowest BCUT2D eigenvalue weighted by atomic mass is 10.1. The highest BCUT2D eigenvalue weighted by atomic mass is 19.4. The summed E-state index contributed by atoms with van der Waals surface area (Å²) < 4.78 is 38.0. The Hall–Kier alpha value is -1.23. The Kier molecular flexibility index (Phi) is 4.40. The SMILES string of the molecule is CC(C)C(N)CNc1ccccc1C(F)(F)F. The topological polar surface area (TPSA) is 38.0 Å². The maximum Gasteiger partial charge on any atom is 0.418 e. The summed E-state index contributed by atoms with van der Waals surface area (Å²) in [7, 11) is 0. The van der Waals surface area contributed by atoms with E-state index in [4.69, 9.17) is 5.73 Å². The fourth-order valence-electron chi connectivity index (χ4n) is 1.35. The number of rotatable bonds is 4. The summed E-state index contributed by atoms with van der Waals surface area (Å²) in [5.74, 6) is 0.223. The number of hydrogen-bond donors (Lipinski definition) is 2. The van der Waals surface area contributed by atoms with Gasteiger partial charge in [-0.25, -0.2) is 0 Å². The Bertz CT molecular complexity index is 361. The molecule has 0 aliphatic carbocycles. The molecule has 0 spiro atoms. The number of alkyl halides is 3. The van der Waals surface area contributed by atoms with Crippen LogP contribution in [0.25, 0.3) is 0 Å². The third kappa shape index (κ3) is 3.93. The van der Waals surface area contributed by atoms with Crippen LogP contribution in [0.1, 0.15) is 19.4 Å². The predicted octanol–water partition coefficient (Wildman–Crippen LogP) is 3.10. The van der Waals surface area contributed by atoms with E-state index in [0.29, 0.717) is 6.54 Å². The number of anilines is 1. The van der Waals surface area contributed by atoms with E-state index >= 15 is 0 Å². The maximum atomic E-state index is 12.7. The fourth-order valence-corrected chi connectivity index (χ4v) is 1.35. The molecule has 96 valence electrons. The van der Waals surface area contributed by atoms with Crippen LogP contribution in [0.5, 0.6) is 0 Å². The molecule has 0 aromatic heterocycles. The van der Waals surface area contributed by atoms with Crippen molar-refractivity contribution in [2.75, 3.05) is 11.9 Å². The predicted molar refractivity (Wildman–Crippen MR) is 62.7 cm³/mol. The van der Waals surface area contributed by atoms with Crippen LogP contribution in [0.15, 0.2) is 24.3 Å². The summed E-state index contributed by atoms with van der Waals surface area (Å²) in [6.07, 6.45) is -4.34. The molecular weight excluding hydrogens is 229 g/mol. The molecular formula is C12H17F3N2. The first-order chi connectivity index (χ1) is 7.82. The summed E-state index contributed by atoms with van der Waals surface area (Å²) >= 11 is 0. The van der Waals surface area contributed by atoms with Gasteiger partial charge in [-0.05, 0) is 18.1 Å². The van der Waals surface area contributed by atoms with Crippen molar-refractivity contribution < 1.29 is 13.2 Å². The van der Waals surface area contributed by atoms with Gasteiger partial charge in [-0.2, -0.15) is 13.2 Å². The van der Waals surface area contributed by atoms with E-state index in [-0.39, 0.29) is 17.6 Å². The molecule has 0 aliphatic rings. The second-order valence-corrected chi connectivity index (χ2v) is 4.33. The molecule has 1 rings (SSSR count). The van der Waals surface area contributed by atoms with Crippen LogP contribution in [-0.4, -0.2) is 12.6 Å². The standard InChI is InChI=1S/C12H17F3N2/c1-8(2)10(16)7-17-11-6-4-3-5-9(11)12(13,14)15/h3-6,8,10,17H,7,16H2,1-2H3. The first kappa shape index (κ1) is 13.8. The van der Waals surface area contributed by atoms with Crippen molar-refractivity contribution in [2.24, 2.45) is 11.7 Å². The lowest BCUT2D eigenvalue weighted by Crippen LogP contribution is -2.34. The molecule has 1 aromatic carbocycles. The van der Waals surface area contributed by atoms with Gasteiger partial charge in [0.25, 0.3) is 0 Å². The first-order valence-corrected chi connectivity index (χ1v) is 5.48. The largest absolute Gasteiger partial charge is 0.418 e. The lowest BCUT2D eigenvalue weighted by Gasteiger charge is -2.19. The lowest BCUT2D eigenvalue weighted by molar-refractivity contribution is -0.136. The Morgan fingerprint density at radius 2 is 1.82 bits per heavy atom. The van der Waals surface area contributed by atoms with Crippen molar-refractivity contribution >= 4 is 5.69 Å². The van der Waals surface area contributed by atoms with Crippen LogP contribution in [0.2, 0.25) is 0 Å². The Morgan fingerprint density at radius 3 is 2.35 bits per heavy atom. The Balaban J connectivity index is 2.78. The molecule has 0 amide bonds. The molecule has 0 heterocycles. The summed E-state index contributed by atoms with van der Waals surface area (Å²) in [6.45, 7) is 4.19. The molecule has 1 aromatic rings. The molecule has 0 radical (unpaired) electrons. The zero-order chi connectivity index (χ0) is 13.1. The van der Waals surface area contributed by atoms with E-state index in [1.165, 1.54) is 12.1 Å². The van der Waals surface area contributed by atoms with Gasteiger partial charge < -0.3 is 11.1 Å². The third-order valence-corrected chi connectivity index (χ3v) is 2.62. The van der Waals surface area contributed by atoms with E-state index in [9.17, 15) is 13.2 Å². The second-order valence-electron chi connectivity index (χ2n) is 4.33. The molecule has 17 heavy (non-hydrogen) atoms. The fraction of sp³-hybridized carbons (Fsp3) is 0.500. The minimum Gasteiger partial charge on any atom is -0.383 e. The van der Waals surface area contributed by atoms with E-state index in [1.807, 2.05) is 13.8 Å². The molecule has 0 fully saturated rings. The third-order valence-electron chi connectivity index (χ3n) is 2.62. The van der Waals surface area contributed by atoms with E-state index in [2.05, 4.69) is 5.32 Å². The molecule has 0 aliphatic heterocycles. The van der Waals surface area contributed by atoms with Crippen LogP contribution >= 0.6 is 0 Å². The van der Waals surface area contributed by atoms with Crippen molar-refractivity contribution in [3.8, 4) is 0 Å². The highest BCUT2D eigenvalue weighted by Gasteiger charge is 2.33. The summed E-state index contributed by atoms with van der Waals surface area (Å²) in [4.78, 5) is 0. The van der Waals surface area contributed by atoms with Gasteiger partial charge in [0.1, 0.15) is 0 Å². The summed E-state index contributed by atoms with van der Waals surface area (Å²) in [5, 5.41) is 2.76.